The van der Waals surface area contributed by atoms with Crippen LogP contribution in [0.1, 0.15) is 49.6 Å². The minimum Gasteiger partial charge on any atom is -0.365 e. The van der Waals surface area contributed by atoms with E-state index >= 15 is 0 Å². The van der Waals surface area contributed by atoms with Gasteiger partial charge in [0.2, 0.25) is 10.0 Å². The Labute approximate surface area is 197 Å². The molecule has 1 aliphatic carbocycles. The van der Waals surface area contributed by atoms with Crippen molar-refractivity contribution in [1.82, 2.24) is 4.31 Å². The van der Waals surface area contributed by atoms with Gasteiger partial charge in [-0.2, -0.15) is 4.31 Å². The number of carbonyl (C=O) groups is 2. The molecule has 33 heavy (non-hydrogen) atoms. The predicted molar refractivity (Wildman–Crippen MR) is 129 cm³/mol. The van der Waals surface area contributed by atoms with Gasteiger partial charge in [-0.1, -0.05) is 30.3 Å². The average molecular weight is 484 g/mol. The number of carbonyl (C=O) groups excluding carboxylic acids is 2. The number of aryl methyl sites for hydroxylation is 1. The molecule has 1 aliphatic rings. The van der Waals surface area contributed by atoms with Crippen LogP contribution < -0.4 is 11.1 Å². The molecule has 2 amide bonds. The van der Waals surface area contributed by atoms with Crippen molar-refractivity contribution in [2.45, 2.75) is 37.1 Å². The van der Waals surface area contributed by atoms with E-state index < -0.39 is 21.8 Å². The van der Waals surface area contributed by atoms with Crippen molar-refractivity contribution >= 4 is 38.2 Å². The Morgan fingerprint density at radius 3 is 2.36 bits per heavy atom. The summed E-state index contributed by atoms with van der Waals surface area (Å²) in [5.74, 6) is -0.967. The molecule has 0 saturated heterocycles. The predicted octanol–water partition coefficient (Wildman–Crippen LogP) is 3.80. The summed E-state index contributed by atoms with van der Waals surface area (Å²) in [4.78, 5) is 26.0. The number of sulfonamides is 1. The van der Waals surface area contributed by atoms with Crippen molar-refractivity contribution in [2.24, 2.45) is 5.73 Å². The lowest BCUT2D eigenvalue weighted by Crippen LogP contribution is -2.26. The van der Waals surface area contributed by atoms with Crippen LogP contribution in [0.2, 0.25) is 0 Å². The molecule has 0 aliphatic heterocycles. The molecule has 2 aromatic carbocycles. The van der Waals surface area contributed by atoms with Gasteiger partial charge in [0.05, 0.1) is 10.5 Å². The minimum atomic E-state index is -3.72. The smallest absolute Gasteiger partial charge is 0.256 e. The lowest BCUT2D eigenvalue weighted by Gasteiger charge is -2.17. The molecule has 0 fully saturated rings. The zero-order valence-electron chi connectivity index (χ0n) is 18.2. The van der Waals surface area contributed by atoms with Crippen LogP contribution in [0.4, 0.5) is 5.00 Å². The monoisotopic (exact) mass is 483 g/mol. The molecule has 4 rings (SSSR count). The number of primary amides is 1. The number of thiophene rings is 1. The van der Waals surface area contributed by atoms with E-state index in [-0.39, 0.29) is 11.4 Å². The van der Waals surface area contributed by atoms with Gasteiger partial charge in [-0.3, -0.25) is 9.59 Å². The van der Waals surface area contributed by atoms with Gasteiger partial charge in [-0.05, 0) is 61.1 Å². The largest absolute Gasteiger partial charge is 0.365 e. The molecule has 3 N–H and O–H groups in total. The zero-order chi connectivity index (χ0) is 23.6. The van der Waals surface area contributed by atoms with Crippen LogP contribution in [-0.2, 0) is 29.4 Å². The highest BCUT2D eigenvalue weighted by Crippen LogP contribution is 2.38. The Kier molecular flexibility index (Phi) is 6.64. The van der Waals surface area contributed by atoms with E-state index in [9.17, 15) is 18.0 Å². The molecule has 9 heteroatoms. The van der Waals surface area contributed by atoms with Gasteiger partial charge in [0.1, 0.15) is 5.00 Å². The third-order valence-electron chi connectivity index (χ3n) is 5.72. The average Bonchev–Trinajstić information content (AvgIpc) is 3.17. The minimum absolute atomic E-state index is 0.0990. The molecule has 0 radical (unpaired) electrons. The number of fused-ring (bicyclic) bond motifs is 1. The molecule has 172 valence electrons. The second-order valence-corrected chi connectivity index (χ2v) is 11.2. The maximum absolute atomic E-state index is 12.9. The van der Waals surface area contributed by atoms with Crippen molar-refractivity contribution in [3.05, 3.63) is 81.7 Å². The number of amides is 2. The van der Waals surface area contributed by atoms with Gasteiger partial charge in [-0.15, -0.1) is 11.3 Å². The maximum atomic E-state index is 12.9. The molecular formula is C24H25N3O4S2. The highest BCUT2D eigenvalue weighted by atomic mass is 32.2. The number of nitrogens with zero attached hydrogens (tertiary/aromatic N) is 1. The molecule has 0 bridgehead atoms. The van der Waals surface area contributed by atoms with Crippen LogP contribution >= 0.6 is 11.3 Å². The lowest BCUT2D eigenvalue weighted by molar-refractivity contribution is 0.100. The molecule has 0 spiro atoms. The first kappa shape index (κ1) is 23.2. The third kappa shape index (κ3) is 4.85. The summed E-state index contributed by atoms with van der Waals surface area (Å²) in [7, 11) is -2.20. The van der Waals surface area contributed by atoms with Crippen LogP contribution in [-0.4, -0.2) is 31.6 Å². The molecule has 7 nitrogen and oxygen atoms in total. The second kappa shape index (κ2) is 9.46. The first-order valence-electron chi connectivity index (χ1n) is 10.6. The van der Waals surface area contributed by atoms with E-state index in [2.05, 4.69) is 5.32 Å². The van der Waals surface area contributed by atoms with Crippen molar-refractivity contribution in [3.8, 4) is 0 Å². The summed E-state index contributed by atoms with van der Waals surface area (Å²) in [6, 6.07) is 15.1. The molecule has 0 atom stereocenters. The maximum Gasteiger partial charge on any atom is 0.256 e. The first-order valence-corrected chi connectivity index (χ1v) is 12.9. The Morgan fingerprint density at radius 1 is 1.03 bits per heavy atom. The van der Waals surface area contributed by atoms with E-state index in [0.717, 1.165) is 41.7 Å². The summed E-state index contributed by atoms with van der Waals surface area (Å²) >= 11 is 1.39. The van der Waals surface area contributed by atoms with Crippen molar-refractivity contribution in [2.75, 3.05) is 12.4 Å². The summed E-state index contributed by atoms with van der Waals surface area (Å²) in [6.07, 6.45) is 3.70. The number of hydrogen-bond donors (Lipinski definition) is 2. The highest BCUT2D eigenvalue weighted by Gasteiger charge is 2.26. The highest BCUT2D eigenvalue weighted by molar-refractivity contribution is 7.89. The van der Waals surface area contributed by atoms with Crippen molar-refractivity contribution < 1.29 is 18.0 Å². The van der Waals surface area contributed by atoms with E-state index in [4.69, 9.17) is 5.73 Å². The van der Waals surface area contributed by atoms with Crippen LogP contribution in [0.5, 0.6) is 0 Å². The Hall–Kier alpha value is -3.01. The first-order chi connectivity index (χ1) is 15.8. The molecule has 1 aromatic heterocycles. The van der Waals surface area contributed by atoms with Crippen LogP contribution in [0, 0.1) is 0 Å². The van der Waals surface area contributed by atoms with E-state index in [0.29, 0.717) is 16.1 Å². The summed E-state index contributed by atoms with van der Waals surface area (Å²) in [5, 5.41) is 3.26. The summed E-state index contributed by atoms with van der Waals surface area (Å²) in [6.45, 7) is 0.240. The van der Waals surface area contributed by atoms with Gasteiger partial charge in [0.25, 0.3) is 11.8 Å². The number of hydrogen-bond acceptors (Lipinski definition) is 5. The Balaban J connectivity index is 1.51. The number of rotatable bonds is 7. The third-order valence-corrected chi connectivity index (χ3v) is 8.74. The van der Waals surface area contributed by atoms with Crippen LogP contribution in [0.25, 0.3) is 0 Å². The Bertz CT molecular complexity index is 1280. The zero-order valence-corrected chi connectivity index (χ0v) is 19.8. The summed E-state index contributed by atoms with van der Waals surface area (Å²) < 4.78 is 27.1. The fourth-order valence-corrected chi connectivity index (χ4v) is 6.42. The van der Waals surface area contributed by atoms with Gasteiger partial charge in [0, 0.05) is 24.0 Å². The van der Waals surface area contributed by atoms with Gasteiger partial charge < -0.3 is 11.1 Å². The van der Waals surface area contributed by atoms with E-state index in [1.54, 1.807) is 0 Å². The summed E-state index contributed by atoms with van der Waals surface area (Å²) in [5.41, 5.74) is 8.10. The lowest BCUT2D eigenvalue weighted by atomic mass is 9.95. The van der Waals surface area contributed by atoms with Gasteiger partial charge in [0.15, 0.2) is 0 Å². The number of anilines is 1. The van der Waals surface area contributed by atoms with Gasteiger partial charge in [-0.25, -0.2) is 8.42 Å². The van der Waals surface area contributed by atoms with Crippen LogP contribution in [0.15, 0.2) is 59.5 Å². The quantitative estimate of drug-likeness (QED) is 0.533. The number of benzene rings is 2. The van der Waals surface area contributed by atoms with Crippen molar-refractivity contribution in [1.29, 1.82) is 0 Å². The molecular weight excluding hydrogens is 458 g/mol. The molecule has 1 heterocycles. The van der Waals surface area contributed by atoms with Crippen molar-refractivity contribution in [3.63, 3.8) is 0 Å². The fraction of sp³-hybridized carbons (Fsp3) is 0.250. The SMILES string of the molecule is CN(Cc1ccccc1)S(=O)(=O)c1ccc(C(=O)Nc2sc3c(c2C(N)=O)CCCC3)cc1. The van der Waals surface area contributed by atoms with E-state index in [1.165, 1.54) is 47.0 Å². The molecule has 0 unspecified atom stereocenters. The number of nitrogens with one attached hydrogen (secondary N) is 1. The second-order valence-electron chi connectivity index (χ2n) is 8.00. The van der Waals surface area contributed by atoms with Crippen LogP contribution in [0.3, 0.4) is 0 Å². The van der Waals surface area contributed by atoms with E-state index in [1.807, 2.05) is 30.3 Å². The fourth-order valence-electron chi connectivity index (χ4n) is 3.97. The normalized spacial score (nSPS) is 13.5. The molecule has 0 saturated carbocycles. The molecule has 3 aromatic rings. The Morgan fingerprint density at radius 2 is 1.70 bits per heavy atom. The standard InChI is InChI=1S/C24H25N3O4S2/c1-27(15-16-7-3-2-4-8-16)33(30,31)18-13-11-17(12-14-18)23(29)26-24-21(22(25)28)19-9-5-6-10-20(19)32-24/h2-4,7-8,11-14H,5-6,9-10,15H2,1H3,(H2,25,28)(H,26,29). The van der Waals surface area contributed by atoms with Gasteiger partial charge >= 0.3 is 0 Å². The number of nitrogens with two attached hydrogens (primary N) is 1. The topological polar surface area (TPSA) is 110 Å².